The van der Waals surface area contributed by atoms with Crippen LogP contribution in [0.1, 0.15) is 42.3 Å². The van der Waals surface area contributed by atoms with E-state index in [0.717, 1.165) is 16.0 Å². The van der Waals surface area contributed by atoms with Crippen LogP contribution in [0.5, 0.6) is 0 Å². The van der Waals surface area contributed by atoms with Gasteiger partial charge in [0, 0.05) is 17.8 Å². The van der Waals surface area contributed by atoms with Crippen LogP contribution in [0.15, 0.2) is 30.3 Å². The van der Waals surface area contributed by atoms with Crippen LogP contribution in [0.25, 0.3) is 0 Å². The summed E-state index contributed by atoms with van der Waals surface area (Å²) in [5, 5.41) is 0. The van der Waals surface area contributed by atoms with Gasteiger partial charge in [-0.3, -0.25) is 14.5 Å². The van der Waals surface area contributed by atoms with Crippen LogP contribution in [0.2, 0.25) is 0 Å². The standard InChI is InChI=1S/C21H22F3NO3/c1-12-6-13(2)8-15(7-12)25(11-18(26)28-21(3,4)5)20(27)19-16(23)9-14(22)10-17(19)24/h6-10H,11H2,1-5H3. The lowest BCUT2D eigenvalue weighted by atomic mass is 10.1. The summed E-state index contributed by atoms with van der Waals surface area (Å²) in [5.74, 6) is -5.69. The summed E-state index contributed by atoms with van der Waals surface area (Å²) in [6.45, 7) is 7.99. The van der Waals surface area contributed by atoms with E-state index in [1.165, 1.54) is 0 Å². The molecule has 0 heterocycles. The number of aryl methyl sites for hydroxylation is 2. The second-order valence-corrected chi connectivity index (χ2v) is 7.57. The topological polar surface area (TPSA) is 46.6 Å². The Bertz CT molecular complexity index is 876. The van der Waals surface area contributed by atoms with E-state index in [1.54, 1.807) is 46.8 Å². The third-order valence-corrected chi connectivity index (χ3v) is 3.69. The molecule has 0 atom stereocenters. The lowest BCUT2D eigenvalue weighted by molar-refractivity contribution is -0.152. The Balaban J connectivity index is 2.52. The van der Waals surface area contributed by atoms with Crippen LogP contribution in [-0.2, 0) is 9.53 Å². The summed E-state index contributed by atoms with van der Waals surface area (Å²) < 4.78 is 46.8. The molecule has 28 heavy (non-hydrogen) atoms. The first-order valence-electron chi connectivity index (χ1n) is 8.64. The fraction of sp³-hybridized carbons (Fsp3) is 0.333. The number of halogens is 3. The lowest BCUT2D eigenvalue weighted by Crippen LogP contribution is -2.39. The first-order valence-corrected chi connectivity index (χ1v) is 8.64. The van der Waals surface area contributed by atoms with Gasteiger partial charge in [-0.05, 0) is 57.9 Å². The summed E-state index contributed by atoms with van der Waals surface area (Å²) in [6, 6.07) is 5.90. The number of hydrogen-bond acceptors (Lipinski definition) is 3. The van der Waals surface area contributed by atoms with Crippen molar-refractivity contribution in [3.05, 3.63) is 64.5 Å². The van der Waals surface area contributed by atoms with Gasteiger partial charge in [-0.2, -0.15) is 0 Å². The number of hydrogen-bond donors (Lipinski definition) is 0. The Labute approximate surface area is 161 Å². The second-order valence-electron chi connectivity index (χ2n) is 7.57. The monoisotopic (exact) mass is 393 g/mol. The summed E-state index contributed by atoms with van der Waals surface area (Å²) in [6.07, 6.45) is 0. The lowest BCUT2D eigenvalue weighted by Gasteiger charge is -2.26. The number of anilines is 1. The zero-order valence-corrected chi connectivity index (χ0v) is 16.4. The molecule has 0 saturated carbocycles. The normalized spacial score (nSPS) is 11.3. The molecular weight excluding hydrogens is 371 g/mol. The van der Waals surface area contributed by atoms with Crippen LogP contribution in [0.4, 0.5) is 18.9 Å². The van der Waals surface area contributed by atoms with Crippen molar-refractivity contribution in [1.29, 1.82) is 0 Å². The highest BCUT2D eigenvalue weighted by atomic mass is 19.1. The highest BCUT2D eigenvalue weighted by molar-refractivity contribution is 6.08. The van der Waals surface area contributed by atoms with Gasteiger partial charge in [0.05, 0.1) is 0 Å². The maximum absolute atomic E-state index is 14.2. The molecule has 0 spiro atoms. The van der Waals surface area contributed by atoms with E-state index >= 15 is 0 Å². The molecule has 150 valence electrons. The molecule has 0 fully saturated rings. The van der Waals surface area contributed by atoms with Crippen molar-refractivity contribution in [3.8, 4) is 0 Å². The van der Waals surface area contributed by atoms with E-state index < -0.39 is 47.0 Å². The minimum atomic E-state index is -1.35. The first kappa shape index (κ1) is 21.5. The molecule has 0 N–H and O–H groups in total. The van der Waals surface area contributed by atoms with E-state index in [0.29, 0.717) is 12.1 Å². The third-order valence-electron chi connectivity index (χ3n) is 3.69. The van der Waals surface area contributed by atoms with Gasteiger partial charge in [-0.1, -0.05) is 6.07 Å². The molecule has 0 bridgehead atoms. The molecule has 0 saturated heterocycles. The number of nitrogens with zero attached hydrogens (tertiary/aromatic N) is 1. The maximum atomic E-state index is 14.2. The molecule has 2 rings (SSSR count). The first-order chi connectivity index (χ1) is 12.9. The number of esters is 1. The van der Waals surface area contributed by atoms with E-state index in [4.69, 9.17) is 4.74 Å². The van der Waals surface area contributed by atoms with Gasteiger partial charge >= 0.3 is 5.97 Å². The minimum absolute atomic E-state index is 0.275. The smallest absolute Gasteiger partial charge is 0.326 e. The number of ether oxygens (including phenoxy) is 1. The molecule has 0 radical (unpaired) electrons. The Morgan fingerprint density at radius 2 is 1.43 bits per heavy atom. The Kier molecular flexibility index (Phi) is 6.17. The maximum Gasteiger partial charge on any atom is 0.326 e. The second kappa shape index (κ2) is 8.04. The molecule has 1 amide bonds. The summed E-state index contributed by atoms with van der Waals surface area (Å²) >= 11 is 0. The Hall–Kier alpha value is -2.83. The highest BCUT2D eigenvalue weighted by Gasteiger charge is 2.29. The Morgan fingerprint density at radius 3 is 1.89 bits per heavy atom. The fourth-order valence-electron chi connectivity index (χ4n) is 2.77. The quantitative estimate of drug-likeness (QED) is 0.707. The molecule has 0 aliphatic heterocycles. The van der Waals surface area contributed by atoms with Crippen molar-refractivity contribution in [3.63, 3.8) is 0 Å². The van der Waals surface area contributed by atoms with Crippen molar-refractivity contribution in [2.45, 2.75) is 40.2 Å². The van der Waals surface area contributed by atoms with Gasteiger partial charge < -0.3 is 4.74 Å². The summed E-state index contributed by atoms with van der Waals surface area (Å²) in [4.78, 5) is 26.2. The predicted molar refractivity (Wildman–Crippen MR) is 99.8 cm³/mol. The van der Waals surface area contributed by atoms with Gasteiger partial charge in [-0.15, -0.1) is 0 Å². The van der Waals surface area contributed by atoms with Crippen LogP contribution in [0, 0.1) is 31.3 Å². The number of carbonyl (C=O) groups is 2. The van der Waals surface area contributed by atoms with Crippen LogP contribution in [0.3, 0.4) is 0 Å². The van der Waals surface area contributed by atoms with E-state index in [-0.39, 0.29) is 5.69 Å². The van der Waals surface area contributed by atoms with Crippen molar-refractivity contribution in [1.82, 2.24) is 0 Å². The van der Waals surface area contributed by atoms with Gasteiger partial charge in [0.25, 0.3) is 5.91 Å². The van der Waals surface area contributed by atoms with E-state index in [1.807, 2.05) is 6.07 Å². The van der Waals surface area contributed by atoms with Crippen LogP contribution >= 0.6 is 0 Å². The minimum Gasteiger partial charge on any atom is -0.459 e. The third kappa shape index (κ3) is 5.34. The van der Waals surface area contributed by atoms with Crippen LogP contribution in [-0.4, -0.2) is 24.0 Å². The summed E-state index contributed by atoms with van der Waals surface area (Å²) in [7, 11) is 0. The number of amides is 1. The van der Waals surface area contributed by atoms with E-state index in [2.05, 4.69) is 0 Å². The fourth-order valence-corrected chi connectivity index (χ4v) is 2.77. The molecule has 0 aliphatic rings. The predicted octanol–water partition coefficient (Wildman–Crippen LogP) is 4.71. The van der Waals surface area contributed by atoms with Gasteiger partial charge in [-0.25, -0.2) is 13.2 Å². The average Bonchev–Trinajstić information content (AvgIpc) is 2.48. The van der Waals surface area contributed by atoms with Gasteiger partial charge in [0.15, 0.2) is 0 Å². The molecule has 4 nitrogen and oxygen atoms in total. The zero-order valence-electron chi connectivity index (χ0n) is 16.4. The molecule has 7 heteroatoms. The molecular formula is C21H22F3NO3. The van der Waals surface area contributed by atoms with Crippen molar-refractivity contribution < 1.29 is 27.5 Å². The van der Waals surface area contributed by atoms with Gasteiger partial charge in [0.2, 0.25) is 0 Å². The number of benzene rings is 2. The van der Waals surface area contributed by atoms with Crippen molar-refractivity contribution in [2.24, 2.45) is 0 Å². The molecule has 2 aromatic carbocycles. The summed E-state index contributed by atoms with van der Waals surface area (Å²) in [5.41, 5.74) is 0.107. The number of carbonyl (C=O) groups excluding carboxylic acids is 2. The largest absolute Gasteiger partial charge is 0.459 e. The van der Waals surface area contributed by atoms with E-state index in [9.17, 15) is 22.8 Å². The molecule has 0 aromatic heterocycles. The molecule has 0 unspecified atom stereocenters. The van der Waals surface area contributed by atoms with Crippen LogP contribution < -0.4 is 4.90 Å². The highest BCUT2D eigenvalue weighted by Crippen LogP contribution is 2.24. The molecule has 2 aromatic rings. The van der Waals surface area contributed by atoms with Gasteiger partial charge in [0.1, 0.15) is 35.2 Å². The van der Waals surface area contributed by atoms with Crippen molar-refractivity contribution >= 4 is 17.6 Å². The Morgan fingerprint density at radius 1 is 0.929 bits per heavy atom. The number of rotatable bonds is 4. The zero-order chi connectivity index (χ0) is 21.2. The molecule has 0 aliphatic carbocycles. The average molecular weight is 393 g/mol. The SMILES string of the molecule is Cc1cc(C)cc(N(CC(=O)OC(C)(C)C)C(=O)c2c(F)cc(F)cc2F)c1. The van der Waals surface area contributed by atoms with Crippen molar-refractivity contribution in [2.75, 3.05) is 11.4 Å².